The van der Waals surface area contributed by atoms with Crippen molar-refractivity contribution >= 4 is 22.8 Å². The first kappa shape index (κ1) is 17.2. The van der Waals surface area contributed by atoms with Gasteiger partial charge in [-0.25, -0.2) is 4.79 Å². The number of benzene rings is 2. The number of hydrogen-bond acceptors (Lipinski definition) is 4. The van der Waals surface area contributed by atoms with Crippen LogP contribution in [-0.4, -0.2) is 26.5 Å². The van der Waals surface area contributed by atoms with Crippen LogP contribution in [0.2, 0.25) is 0 Å². The lowest BCUT2D eigenvalue weighted by Crippen LogP contribution is -2.14. The number of aromatic carboxylic acids is 1. The summed E-state index contributed by atoms with van der Waals surface area (Å²) in [7, 11) is 0. The van der Waals surface area contributed by atoms with Gasteiger partial charge in [0.15, 0.2) is 0 Å². The van der Waals surface area contributed by atoms with Gasteiger partial charge in [0.1, 0.15) is 0 Å². The Labute approximate surface area is 159 Å². The van der Waals surface area contributed by atoms with E-state index in [0.29, 0.717) is 16.8 Å². The molecule has 4 aromatic rings. The minimum Gasteiger partial charge on any atom is -0.478 e. The highest BCUT2D eigenvalue weighted by molar-refractivity contribution is 6.07. The molecular formula is C22H13N3O3. The average Bonchev–Trinajstić information content (AvgIpc) is 3.12. The van der Waals surface area contributed by atoms with Gasteiger partial charge in [-0.15, -0.1) is 0 Å². The van der Waals surface area contributed by atoms with Crippen molar-refractivity contribution in [1.82, 2.24) is 9.55 Å². The van der Waals surface area contributed by atoms with Crippen molar-refractivity contribution in [3.63, 3.8) is 0 Å². The molecule has 2 aromatic carbocycles. The predicted molar refractivity (Wildman–Crippen MR) is 103 cm³/mol. The highest BCUT2D eigenvalue weighted by Crippen LogP contribution is 2.29. The molecule has 0 aliphatic heterocycles. The Balaban J connectivity index is 1.96. The SMILES string of the molecule is N#Cc1ccc2c(c1)cc(-c1cccnc1)n2C(=O)c1cccc(C(=O)O)c1. The van der Waals surface area contributed by atoms with Gasteiger partial charge in [-0.2, -0.15) is 5.26 Å². The van der Waals surface area contributed by atoms with Crippen molar-refractivity contribution in [2.24, 2.45) is 0 Å². The highest BCUT2D eigenvalue weighted by atomic mass is 16.4. The molecule has 0 bridgehead atoms. The summed E-state index contributed by atoms with van der Waals surface area (Å²) in [6.45, 7) is 0. The number of nitriles is 1. The van der Waals surface area contributed by atoms with Crippen LogP contribution in [0.15, 0.2) is 73.1 Å². The first-order valence-corrected chi connectivity index (χ1v) is 8.42. The molecule has 0 atom stereocenters. The van der Waals surface area contributed by atoms with Gasteiger partial charge in [0.05, 0.1) is 28.4 Å². The van der Waals surface area contributed by atoms with Gasteiger partial charge in [0.2, 0.25) is 0 Å². The second kappa shape index (κ2) is 6.82. The second-order valence-corrected chi connectivity index (χ2v) is 6.18. The summed E-state index contributed by atoms with van der Waals surface area (Å²) in [5.41, 5.74) is 2.76. The van der Waals surface area contributed by atoms with Gasteiger partial charge in [0.25, 0.3) is 5.91 Å². The van der Waals surface area contributed by atoms with Crippen LogP contribution >= 0.6 is 0 Å². The number of carboxylic acids is 1. The van der Waals surface area contributed by atoms with Gasteiger partial charge in [-0.3, -0.25) is 14.3 Å². The summed E-state index contributed by atoms with van der Waals surface area (Å²) in [5.74, 6) is -1.46. The molecule has 2 heterocycles. The summed E-state index contributed by atoms with van der Waals surface area (Å²) < 4.78 is 1.52. The Morgan fingerprint density at radius 1 is 1.00 bits per heavy atom. The summed E-state index contributed by atoms with van der Waals surface area (Å²) >= 11 is 0. The van der Waals surface area contributed by atoms with E-state index in [-0.39, 0.29) is 17.0 Å². The summed E-state index contributed by atoms with van der Waals surface area (Å²) in [4.78, 5) is 28.7. The van der Waals surface area contributed by atoms with Crippen LogP contribution in [0, 0.1) is 11.3 Å². The van der Waals surface area contributed by atoms with E-state index in [2.05, 4.69) is 11.1 Å². The van der Waals surface area contributed by atoms with E-state index in [9.17, 15) is 20.0 Å². The highest BCUT2D eigenvalue weighted by Gasteiger charge is 2.19. The maximum atomic E-state index is 13.3. The van der Waals surface area contributed by atoms with Crippen molar-refractivity contribution in [2.75, 3.05) is 0 Å². The normalized spacial score (nSPS) is 10.5. The molecule has 6 nitrogen and oxygen atoms in total. The average molecular weight is 367 g/mol. The van der Waals surface area contributed by atoms with Crippen molar-refractivity contribution in [1.29, 1.82) is 5.26 Å². The van der Waals surface area contributed by atoms with Crippen LogP contribution < -0.4 is 0 Å². The molecule has 0 saturated carbocycles. The fraction of sp³-hybridized carbons (Fsp3) is 0. The number of pyridine rings is 1. The van der Waals surface area contributed by atoms with Crippen LogP contribution in [0.3, 0.4) is 0 Å². The molecule has 0 aliphatic rings. The lowest BCUT2D eigenvalue weighted by atomic mass is 10.1. The maximum absolute atomic E-state index is 13.3. The Bertz CT molecular complexity index is 1270. The molecule has 0 unspecified atom stereocenters. The molecule has 1 N–H and O–H groups in total. The standard InChI is InChI=1S/C22H13N3O3/c23-12-14-6-7-19-18(9-14)11-20(17-5-2-8-24-13-17)25(19)21(26)15-3-1-4-16(10-15)22(27)28/h1-11,13H,(H,27,28). The zero-order valence-electron chi connectivity index (χ0n) is 14.5. The van der Waals surface area contributed by atoms with Crippen LogP contribution in [0.4, 0.5) is 0 Å². The lowest BCUT2D eigenvalue weighted by molar-refractivity contribution is 0.0697. The van der Waals surface area contributed by atoms with Crippen molar-refractivity contribution in [3.8, 4) is 17.3 Å². The number of aromatic nitrogens is 2. The lowest BCUT2D eigenvalue weighted by Gasteiger charge is -2.10. The molecule has 6 heteroatoms. The molecule has 28 heavy (non-hydrogen) atoms. The topological polar surface area (TPSA) is 96.0 Å². The Morgan fingerprint density at radius 2 is 1.82 bits per heavy atom. The number of nitrogens with zero attached hydrogens (tertiary/aromatic N) is 3. The minimum atomic E-state index is -1.10. The van der Waals surface area contributed by atoms with Gasteiger partial charge in [-0.1, -0.05) is 6.07 Å². The molecular weight excluding hydrogens is 354 g/mol. The van der Waals surface area contributed by atoms with Crippen molar-refractivity contribution in [2.45, 2.75) is 0 Å². The molecule has 0 saturated heterocycles. The first-order chi connectivity index (χ1) is 13.6. The van der Waals surface area contributed by atoms with E-state index in [4.69, 9.17) is 0 Å². The van der Waals surface area contributed by atoms with E-state index in [1.807, 2.05) is 12.1 Å². The number of hydrogen-bond donors (Lipinski definition) is 1. The zero-order valence-corrected chi connectivity index (χ0v) is 14.5. The first-order valence-electron chi connectivity index (χ1n) is 8.42. The molecule has 0 aliphatic carbocycles. The summed E-state index contributed by atoms with van der Waals surface area (Å²) in [6, 6.07) is 18.5. The second-order valence-electron chi connectivity index (χ2n) is 6.18. The number of carboxylic acid groups (broad SMARTS) is 1. The third kappa shape index (κ3) is 2.91. The Morgan fingerprint density at radius 3 is 2.54 bits per heavy atom. The molecule has 4 rings (SSSR count). The number of carbonyl (C=O) groups excluding carboxylic acids is 1. The third-order valence-corrected chi connectivity index (χ3v) is 4.45. The van der Waals surface area contributed by atoms with Crippen LogP contribution in [-0.2, 0) is 0 Å². The quantitative estimate of drug-likeness (QED) is 0.591. The number of fused-ring (bicyclic) bond motifs is 1. The molecule has 0 radical (unpaired) electrons. The van der Waals surface area contributed by atoms with E-state index in [0.717, 1.165) is 10.9 Å². The Hall–Kier alpha value is -4.24. The Kier molecular flexibility index (Phi) is 4.18. The molecule has 134 valence electrons. The monoisotopic (exact) mass is 367 g/mol. The fourth-order valence-electron chi connectivity index (χ4n) is 3.14. The van der Waals surface area contributed by atoms with E-state index in [1.54, 1.807) is 48.8 Å². The van der Waals surface area contributed by atoms with E-state index >= 15 is 0 Å². The molecule has 0 fully saturated rings. The zero-order chi connectivity index (χ0) is 19.7. The summed E-state index contributed by atoms with van der Waals surface area (Å²) in [6.07, 6.45) is 3.29. The minimum absolute atomic E-state index is 0.0389. The number of carbonyl (C=O) groups is 2. The van der Waals surface area contributed by atoms with Gasteiger partial charge in [-0.05, 0) is 54.6 Å². The van der Waals surface area contributed by atoms with Crippen LogP contribution in [0.25, 0.3) is 22.2 Å². The largest absolute Gasteiger partial charge is 0.478 e. The van der Waals surface area contributed by atoms with Crippen LogP contribution in [0.5, 0.6) is 0 Å². The van der Waals surface area contributed by atoms with Gasteiger partial charge < -0.3 is 5.11 Å². The van der Waals surface area contributed by atoms with Crippen molar-refractivity contribution in [3.05, 3.63) is 89.7 Å². The molecule has 2 aromatic heterocycles. The predicted octanol–water partition coefficient (Wildman–Crippen LogP) is 3.96. The van der Waals surface area contributed by atoms with E-state index in [1.165, 1.54) is 16.7 Å². The summed E-state index contributed by atoms with van der Waals surface area (Å²) in [5, 5.41) is 19.1. The smallest absolute Gasteiger partial charge is 0.335 e. The van der Waals surface area contributed by atoms with Gasteiger partial charge >= 0.3 is 5.97 Å². The molecule has 0 amide bonds. The van der Waals surface area contributed by atoms with Crippen molar-refractivity contribution < 1.29 is 14.7 Å². The molecule has 0 spiro atoms. The maximum Gasteiger partial charge on any atom is 0.335 e. The van der Waals surface area contributed by atoms with E-state index < -0.39 is 5.97 Å². The van der Waals surface area contributed by atoms with Gasteiger partial charge in [0, 0.05) is 28.9 Å². The number of rotatable bonds is 3. The third-order valence-electron chi connectivity index (χ3n) is 4.45. The fourth-order valence-corrected chi connectivity index (χ4v) is 3.14. The van der Waals surface area contributed by atoms with Crippen LogP contribution in [0.1, 0.15) is 26.3 Å².